The molecule has 0 saturated heterocycles. The fourth-order valence-electron chi connectivity index (χ4n) is 2.93. The first kappa shape index (κ1) is 15.3. The molecule has 2 aromatic rings. The third-order valence-corrected chi connectivity index (χ3v) is 3.69. The summed E-state index contributed by atoms with van der Waals surface area (Å²) in [5.41, 5.74) is 0.544. The number of carboxylic acid groups (broad SMARTS) is 1. The van der Waals surface area contributed by atoms with Crippen molar-refractivity contribution in [2.24, 2.45) is 5.41 Å². The van der Waals surface area contributed by atoms with Crippen LogP contribution in [0.3, 0.4) is 0 Å². The first-order chi connectivity index (χ1) is 9.86. The lowest BCUT2D eigenvalue weighted by Gasteiger charge is -2.36. The molecule has 0 fully saturated rings. The topological polar surface area (TPSA) is 37.3 Å². The van der Waals surface area contributed by atoms with Crippen molar-refractivity contribution in [3.8, 4) is 0 Å². The molecule has 0 spiro atoms. The highest BCUT2D eigenvalue weighted by Gasteiger charge is 2.44. The van der Waals surface area contributed by atoms with E-state index >= 15 is 0 Å². The minimum atomic E-state index is -1.01. The Hall–Kier alpha value is -2.09. The van der Waals surface area contributed by atoms with E-state index < -0.39 is 11.4 Å². The van der Waals surface area contributed by atoms with Crippen molar-refractivity contribution < 1.29 is 9.90 Å². The number of benzene rings is 2. The molecular weight excluding hydrogens is 260 g/mol. The number of hydrogen-bond acceptors (Lipinski definition) is 1. The van der Waals surface area contributed by atoms with Crippen molar-refractivity contribution in [3.63, 3.8) is 0 Å². The van der Waals surface area contributed by atoms with Crippen LogP contribution < -0.4 is 0 Å². The fourth-order valence-corrected chi connectivity index (χ4v) is 2.93. The van der Waals surface area contributed by atoms with Crippen LogP contribution in [0, 0.1) is 5.41 Å². The summed E-state index contributed by atoms with van der Waals surface area (Å²) >= 11 is 0. The molecular formula is C19H22O2. The fraction of sp³-hybridized carbons (Fsp3) is 0.316. The first-order valence-corrected chi connectivity index (χ1v) is 7.21. The third-order valence-electron chi connectivity index (χ3n) is 3.69. The predicted octanol–water partition coefficient (Wildman–Crippen LogP) is 4.49. The highest BCUT2D eigenvalue weighted by Crippen LogP contribution is 2.42. The number of hydrogen-bond donors (Lipinski definition) is 1. The highest BCUT2D eigenvalue weighted by molar-refractivity contribution is 5.86. The zero-order valence-corrected chi connectivity index (χ0v) is 12.8. The Bertz CT molecular complexity index is 555. The maximum absolute atomic E-state index is 12.3. The average molecular weight is 282 g/mol. The Morgan fingerprint density at radius 3 is 1.52 bits per heavy atom. The molecule has 0 heterocycles. The van der Waals surface area contributed by atoms with Gasteiger partial charge in [-0.2, -0.15) is 0 Å². The predicted molar refractivity (Wildman–Crippen MR) is 85.4 cm³/mol. The van der Waals surface area contributed by atoms with E-state index in [1.807, 2.05) is 60.7 Å². The van der Waals surface area contributed by atoms with E-state index in [1.54, 1.807) is 0 Å². The second-order valence-electron chi connectivity index (χ2n) is 6.68. The molecule has 2 heteroatoms. The van der Waals surface area contributed by atoms with Gasteiger partial charge in [0.05, 0.1) is 0 Å². The molecule has 0 aliphatic carbocycles. The van der Waals surface area contributed by atoms with Crippen LogP contribution in [0.1, 0.15) is 38.3 Å². The standard InChI is InChI=1S/C19H22O2/c1-18(2,3)14-19(17(20)21,15-10-6-4-7-11-15)16-12-8-5-9-13-16/h4-13H,14H2,1-3H3,(H,20,21). The van der Waals surface area contributed by atoms with Crippen LogP contribution in [0.15, 0.2) is 60.7 Å². The molecule has 0 unspecified atom stereocenters. The smallest absolute Gasteiger partial charge is 0.318 e. The van der Waals surface area contributed by atoms with Gasteiger partial charge >= 0.3 is 5.97 Å². The second kappa shape index (κ2) is 5.72. The van der Waals surface area contributed by atoms with Gasteiger partial charge in [0.2, 0.25) is 0 Å². The van der Waals surface area contributed by atoms with Crippen molar-refractivity contribution in [2.75, 3.05) is 0 Å². The van der Waals surface area contributed by atoms with Crippen molar-refractivity contribution in [1.29, 1.82) is 0 Å². The molecule has 0 atom stereocenters. The Labute approximate surface area is 126 Å². The molecule has 21 heavy (non-hydrogen) atoms. The highest BCUT2D eigenvalue weighted by atomic mass is 16.4. The van der Waals surface area contributed by atoms with Gasteiger partial charge in [0.15, 0.2) is 0 Å². The van der Waals surface area contributed by atoms with Crippen molar-refractivity contribution in [3.05, 3.63) is 71.8 Å². The summed E-state index contributed by atoms with van der Waals surface area (Å²) in [6.07, 6.45) is 0.545. The summed E-state index contributed by atoms with van der Waals surface area (Å²) in [7, 11) is 0. The summed E-state index contributed by atoms with van der Waals surface area (Å²) in [6, 6.07) is 19.1. The van der Waals surface area contributed by atoms with E-state index in [4.69, 9.17) is 0 Å². The molecule has 0 radical (unpaired) electrons. The molecule has 2 nitrogen and oxygen atoms in total. The van der Waals surface area contributed by atoms with Gasteiger partial charge in [-0.1, -0.05) is 81.4 Å². The monoisotopic (exact) mass is 282 g/mol. The van der Waals surface area contributed by atoms with Crippen molar-refractivity contribution >= 4 is 5.97 Å². The van der Waals surface area contributed by atoms with Crippen molar-refractivity contribution in [1.82, 2.24) is 0 Å². The molecule has 1 N–H and O–H groups in total. The molecule has 0 aromatic heterocycles. The lowest BCUT2D eigenvalue weighted by molar-refractivity contribution is -0.143. The maximum atomic E-state index is 12.3. The zero-order valence-electron chi connectivity index (χ0n) is 12.8. The van der Waals surface area contributed by atoms with Crippen LogP contribution in [0.2, 0.25) is 0 Å². The van der Waals surface area contributed by atoms with E-state index in [0.717, 1.165) is 11.1 Å². The molecule has 0 saturated carbocycles. The lowest BCUT2D eigenvalue weighted by Crippen LogP contribution is -2.40. The number of carbonyl (C=O) groups is 1. The molecule has 0 aliphatic heterocycles. The summed E-state index contributed by atoms with van der Waals surface area (Å²) in [5, 5.41) is 10.1. The quantitative estimate of drug-likeness (QED) is 0.897. The molecule has 2 aromatic carbocycles. The first-order valence-electron chi connectivity index (χ1n) is 7.21. The molecule has 110 valence electrons. The van der Waals surface area contributed by atoms with Gasteiger partial charge < -0.3 is 5.11 Å². The van der Waals surface area contributed by atoms with Crippen molar-refractivity contribution in [2.45, 2.75) is 32.6 Å². The minimum absolute atomic E-state index is 0.107. The normalized spacial score (nSPS) is 12.1. The third kappa shape index (κ3) is 3.15. The van der Waals surface area contributed by atoms with Crippen LogP contribution in [0.4, 0.5) is 0 Å². The summed E-state index contributed by atoms with van der Waals surface area (Å²) in [5.74, 6) is -0.796. The molecule has 0 amide bonds. The summed E-state index contributed by atoms with van der Waals surface area (Å²) < 4.78 is 0. The van der Waals surface area contributed by atoms with Gasteiger partial charge in [-0.25, -0.2) is 0 Å². The van der Waals surface area contributed by atoms with Crippen LogP contribution in [0.5, 0.6) is 0 Å². The maximum Gasteiger partial charge on any atom is 0.318 e. The van der Waals surface area contributed by atoms with Gasteiger partial charge in [0.25, 0.3) is 0 Å². The Morgan fingerprint density at radius 1 is 0.857 bits per heavy atom. The van der Waals surface area contributed by atoms with E-state index in [-0.39, 0.29) is 5.41 Å². The SMILES string of the molecule is CC(C)(C)CC(C(=O)O)(c1ccccc1)c1ccccc1. The molecule has 0 aliphatic rings. The van der Waals surface area contributed by atoms with Crippen LogP contribution in [0.25, 0.3) is 0 Å². The van der Waals surface area contributed by atoms with Crippen LogP contribution in [-0.2, 0) is 10.2 Å². The minimum Gasteiger partial charge on any atom is -0.480 e. The zero-order chi connectivity index (χ0) is 15.5. The molecule has 0 bridgehead atoms. The lowest BCUT2D eigenvalue weighted by atomic mass is 9.66. The Kier molecular flexibility index (Phi) is 4.17. The van der Waals surface area contributed by atoms with E-state index in [9.17, 15) is 9.90 Å². The van der Waals surface area contributed by atoms with Crippen LogP contribution in [-0.4, -0.2) is 11.1 Å². The van der Waals surface area contributed by atoms with Gasteiger partial charge in [-0.3, -0.25) is 4.79 Å². The average Bonchev–Trinajstić information content (AvgIpc) is 2.45. The Balaban J connectivity index is 2.70. The van der Waals surface area contributed by atoms with Gasteiger partial charge in [-0.05, 0) is 23.0 Å². The largest absolute Gasteiger partial charge is 0.480 e. The van der Waals surface area contributed by atoms with Gasteiger partial charge in [-0.15, -0.1) is 0 Å². The van der Waals surface area contributed by atoms with Gasteiger partial charge in [0.1, 0.15) is 5.41 Å². The number of aliphatic carboxylic acids is 1. The second-order valence-corrected chi connectivity index (χ2v) is 6.68. The summed E-state index contributed by atoms with van der Waals surface area (Å²) in [4.78, 5) is 12.3. The van der Waals surface area contributed by atoms with E-state index in [0.29, 0.717) is 6.42 Å². The number of rotatable bonds is 4. The van der Waals surface area contributed by atoms with Crippen LogP contribution >= 0.6 is 0 Å². The number of carboxylic acids is 1. The summed E-state index contributed by atoms with van der Waals surface area (Å²) in [6.45, 7) is 6.24. The van der Waals surface area contributed by atoms with E-state index in [1.165, 1.54) is 0 Å². The molecule has 2 rings (SSSR count). The Morgan fingerprint density at radius 2 is 1.24 bits per heavy atom. The van der Waals surface area contributed by atoms with Gasteiger partial charge in [0, 0.05) is 0 Å². The van der Waals surface area contributed by atoms with E-state index in [2.05, 4.69) is 20.8 Å².